The minimum absolute atomic E-state index is 0.0172. The largest absolute Gasteiger partial charge is 0.481 e. The van der Waals surface area contributed by atoms with Crippen molar-refractivity contribution < 1.29 is 29.0 Å². The summed E-state index contributed by atoms with van der Waals surface area (Å²) < 4.78 is 5.73. The van der Waals surface area contributed by atoms with Crippen molar-refractivity contribution in [1.82, 2.24) is 0 Å². The zero-order chi connectivity index (χ0) is 17.5. The summed E-state index contributed by atoms with van der Waals surface area (Å²) in [4.78, 5) is 23.3. The maximum atomic E-state index is 12.3. The lowest BCUT2D eigenvalue weighted by Crippen LogP contribution is -2.55. The molecule has 128 valence electrons. The second-order valence-electron chi connectivity index (χ2n) is 6.76. The number of aliphatic hydroxyl groups is 1. The number of likely N-dealkylation sites (N-methyl/N-ethyl adjacent to an activating group) is 1. The Hall–Kier alpha value is -1.76. The molecule has 6 heteroatoms. The van der Waals surface area contributed by atoms with Gasteiger partial charge in [0.15, 0.2) is 11.4 Å². The average Bonchev–Trinajstić information content (AvgIpc) is 2.41. The molecule has 0 aromatic heterocycles. The molecule has 0 heterocycles. The van der Waals surface area contributed by atoms with E-state index in [1.165, 1.54) is 0 Å². The number of hydrogen-bond acceptors (Lipinski definition) is 4. The molecule has 0 bridgehead atoms. The molecule has 6 nitrogen and oxygen atoms in total. The minimum atomic E-state index is -1.87. The fourth-order valence-electron chi connectivity index (χ4n) is 2.44. The molecule has 1 unspecified atom stereocenters. The lowest BCUT2D eigenvalue weighted by molar-refractivity contribution is -0.875. The first-order valence-electron chi connectivity index (χ1n) is 7.52. The standard InChI is InChI=1S/C17H25NO5/c1-18(2,3)13-17(22,11-16(20)21)15(19)9-10-23-12-14-7-5-4-6-8-14/h4-8,22H,9-13H2,1-3H3/p+1. The number of carboxylic acids is 1. The summed E-state index contributed by atoms with van der Waals surface area (Å²) in [5.74, 6) is -1.69. The Balaban J connectivity index is 2.54. The van der Waals surface area contributed by atoms with Crippen LogP contribution in [0.4, 0.5) is 0 Å². The second kappa shape index (κ2) is 8.19. The number of ketones is 1. The number of nitrogens with zero attached hydrogens (tertiary/aromatic N) is 1. The molecule has 1 rings (SSSR count). The van der Waals surface area contributed by atoms with Crippen LogP contribution in [0.15, 0.2) is 30.3 Å². The van der Waals surface area contributed by atoms with E-state index in [-0.39, 0.29) is 19.6 Å². The molecule has 0 aliphatic carbocycles. The van der Waals surface area contributed by atoms with E-state index >= 15 is 0 Å². The molecule has 0 saturated carbocycles. The van der Waals surface area contributed by atoms with Crippen molar-refractivity contribution in [3.05, 3.63) is 35.9 Å². The fourth-order valence-corrected chi connectivity index (χ4v) is 2.44. The molecule has 0 saturated heterocycles. The number of Topliss-reactive ketones (excluding diaryl/α,β-unsaturated/α-hetero) is 1. The predicted octanol–water partition coefficient (Wildman–Crippen LogP) is 1.07. The maximum Gasteiger partial charge on any atom is 0.306 e. The van der Waals surface area contributed by atoms with Crippen LogP contribution in [-0.4, -0.2) is 66.3 Å². The van der Waals surface area contributed by atoms with Crippen LogP contribution in [0.5, 0.6) is 0 Å². The van der Waals surface area contributed by atoms with Crippen molar-refractivity contribution in [3.8, 4) is 0 Å². The van der Waals surface area contributed by atoms with Crippen LogP contribution in [0.2, 0.25) is 0 Å². The smallest absolute Gasteiger partial charge is 0.306 e. The summed E-state index contributed by atoms with van der Waals surface area (Å²) in [6.45, 7) is 0.560. The molecule has 0 fully saturated rings. The van der Waals surface area contributed by atoms with Crippen LogP contribution in [0.25, 0.3) is 0 Å². The first kappa shape index (κ1) is 19.3. The molecule has 0 spiro atoms. The van der Waals surface area contributed by atoms with Crippen molar-refractivity contribution in [2.75, 3.05) is 34.3 Å². The number of rotatable bonds is 10. The molecule has 2 N–H and O–H groups in total. The SMILES string of the molecule is C[N+](C)(C)CC(O)(CC(=O)O)C(=O)CCOCc1ccccc1. The van der Waals surface area contributed by atoms with E-state index in [0.717, 1.165) is 5.56 Å². The molecular weight excluding hydrogens is 298 g/mol. The van der Waals surface area contributed by atoms with Crippen molar-refractivity contribution in [3.63, 3.8) is 0 Å². The molecule has 0 aliphatic heterocycles. The number of carbonyl (C=O) groups is 2. The van der Waals surface area contributed by atoms with E-state index in [4.69, 9.17) is 9.84 Å². The lowest BCUT2D eigenvalue weighted by atomic mass is 9.91. The van der Waals surface area contributed by atoms with Gasteiger partial charge in [0, 0.05) is 6.42 Å². The fraction of sp³-hybridized carbons (Fsp3) is 0.529. The third-order valence-electron chi connectivity index (χ3n) is 3.28. The molecular formula is C17H26NO5+. The summed E-state index contributed by atoms with van der Waals surface area (Å²) in [5, 5.41) is 19.5. The van der Waals surface area contributed by atoms with E-state index in [0.29, 0.717) is 11.1 Å². The first-order valence-corrected chi connectivity index (χ1v) is 7.52. The zero-order valence-corrected chi connectivity index (χ0v) is 14.0. The van der Waals surface area contributed by atoms with Gasteiger partial charge in [0.2, 0.25) is 0 Å². The van der Waals surface area contributed by atoms with Crippen LogP contribution in [0.3, 0.4) is 0 Å². The predicted molar refractivity (Wildman–Crippen MR) is 85.8 cm³/mol. The summed E-state index contributed by atoms with van der Waals surface area (Å²) in [5.41, 5.74) is -0.882. The van der Waals surface area contributed by atoms with E-state index in [9.17, 15) is 14.7 Å². The van der Waals surface area contributed by atoms with Gasteiger partial charge < -0.3 is 19.4 Å². The highest BCUT2D eigenvalue weighted by Crippen LogP contribution is 2.18. The van der Waals surface area contributed by atoms with Gasteiger partial charge in [-0.1, -0.05) is 30.3 Å². The van der Waals surface area contributed by atoms with Crippen molar-refractivity contribution in [2.45, 2.75) is 25.0 Å². The van der Waals surface area contributed by atoms with Crippen LogP contribution in [0, 0.1) is 0 Å². The van der Waals surface area contributed by atoms with Crippen molar-refractivity contribution >= 4 is 11.8 Å². The number of benzene rings is 1. The number of carbonyl (C=O) groups excluding carboxylic acids is 1. The molecule has 1 atom stereocenters. The first-order chi connectivity index (χ1) is 10.6. The van der Waals surface area contributed by atoms with Gasteiger partial charge in [0.1, 0.15) is 6.54 Å². The van der Waals surface area contributed by atoms with Crippen LogP contribution in [-0.2, 0) is 20.9 Å². The third kappa shape index (κ3) is 7.36. The quantitative estimate of drug-likeness (QED) is 0.497. The van der Waals surface area contributed by atoms with Gasteiger partial charge in [0.25, 0.3) is 0 Å². The van der Waals surface area contributed by atoms with Crippen molar-refractivity contribution in [2.24, 2.45) is 0 Å². The van der Waals surface area contributed by atoms with Gasteiger partial charge in [-0.05, 0) is 5.56 Å². The summed E-state index contributed by atoms with van der Waals surface area (Å²) in [6.07, 6.45) is -0.614. The molecule has 0 aliphatic rings. The Morgan fingerprint density at radius 3 is 2.30 bits per heavy atom. The van der Waals surface area contributed by atoms with Crippen LogP contribution >= 0.6 is 0 Å². The normalized spacial score (nSPS) is 14.3. The molecule has 23 heavy (non-hydrogen) atoms. The van der Waals surface area contributed by atoms with E-state index < -0.39 is 23.8 Å². The average molecular weight is 324 g/mol. The highest BCUT2D eigenvalue weighted by Gasteiger charge is 2.42. The van der Waals surface area contributed by atoms with Gasteiger partial charge in [-0.3, -0.25) is 9.59 Å². The van der Waals surface area contributed by atoms with Gasteiger partial charge >= 0.3 is 5.97 Å². The Morgan fingerprint density at radius 2 is 1.78 bits per heavy atom. The number of carboxylic acid groups (broad SMARTS) is 1. The van der Waals surface area contributed by atoms with Crippen LogP contribution in [0.1, 0.15) is 18.4 Å². The van der Waals surface area contributed by atoms with Gasteiger partial charge in [0.05, 0.1) is 40.8 Å². The molecule has 1 aromatic rings. The Labute approximate surface area is 136 Å². The topological polar surface area (TPSA) is 83.8 Å². The molecule has 1 aromatic carbocycles. The Morgan fingerprint density at radius 1 is 1.17 bits per heavy atom. The van der Waals surface area contributed by atoms with E-state index in [2.05, 4.69) is 0 Å². The minimum Gasteiger partial charge on any atom is -0.481 e. The van der Waals surface area contributed by atoms with Gasteiger partial charge in [-0.25, -0.2) is 0 Å². The van der Waals surface area contributed by atoms with E-state index in [1.807, 2.05) is 30.3 Å². The summed E-state index contributed by atoms with van der Waals surface area (Å²) >= 11 is 0. The number of quaternary nitrogens is 1. The third-order valence-corrected chi connectivity index (χ3v) is 3.28. The number of ether oxygens (including phenoxy) is 1. The second-order valence-corrected chi connectivity index (χ2v) is 6.76. The lowest BCUT2D eigenvalue weighted by Gasteiger charge is -2.33. The van der Waals surface area contributed by atoms with Gasteiger partial charge in [-0.2, -0.15) is 0 Å². The Bertz CT molecular complexity index is 524. The zero-order valence-electron chi connectivity index (χ0n) is 14.0. The number of aliphatic carboxylic acids is 1. The summed E-state index contributed by atoms with van der Waals surface area (Å²) in [7, 11) is 5.39. The van der Waals surface area contributed by atoms with Crippen molar-refractivity contribution in [1.29, 1.82) is 0 Å². The monoisotopic (exact) mass is 324 g/mol. The summed E-state index contributed by atoms with van der Waals surface area (Å²) in [6, 6.07) is 9.54. The molecule has 0 radical (unpaired) electrons. The van der Waals surface area contributed by atoms with Crippen LogP contribution < -0.4 is 0 Å². The maximum absolute atomic E-state index is 12.3. The highest BCUT2D eigenvalue weighted by atomic mass is 16.5. The number of hydrogen-bond donors (Lipinski definition) is 2. The molecule has 0 amide bonds. The van der Waals surface area contributed by atoms with E-state index in [1.54, 1.807) is 21.1 Å². The highest BCUT2D eigenvalue weighted by molar-refractivity contribution is 5.91. The Kier molecular flexibility index (Phi) is 6.87. The van der Waals surface area contributed by atoms with Gasteiger partial charge in [-0.15, -0.1) is 0 Å².